The molecule has 0 radical (unpaired) electrons. The maximum absolute atomic E-state index is 12.9. The number of benzene rings is 1. The Morgan fingerprint density at radius 2 is 1.94 bits per heavy atom. The number of nitrogens with one attached hydrogen (secondary N) is 1. The smallest absolute Gasteiger partial charge is 0.242 e. The molecule has 1 unspecified atom stereocenters. The van der Waals surface area contributed by atoms with E-state index in [4.69, 9.17) is 5.73 Å². The lowest BCUT2D eigenvalue weighted by molar-refractivity contribution is 0.414. The number of anilines is 1. The van der Waals surface area contributed by atoms with Gasteiger partial charge in [0.15, 0.2) is 0 Å². The van der Waals surface area contributed by atoms with Crippen LogP contribution >= 0.6 is 0 Å². The standard InChI is InChI=1S/C12H19FN2O2S/c1-8(2)9(3)7-15-18(16,17)12-5-4-10(13)6-11(12)14/h4-6,8-9,15H,7,14H2,1-3H3. The fourth-order valence-corrected chi connectivity index (χ4v) is 2.57. The van der Waals surface area contributed by atoms with Crippen LogP contribution < -0.4 is 10.5 Å². The van der Waals surface area contributed by atoms with Gasteiger partial charge < -0.3 is 5.73 Å². The molecule has 0 aromatic heterocycles. The second-order valence-electron chi connectivity index (χ2n) is 4.76. The zero-order valence-corrected chi connectivity index (χ0v) is 11.6. The van der Waals surface area contributed by atoms with Crippen LogP contribution in [0.1, 0.15) is 20.8 Å². The highest BCUT2D eigenvalue weighted by Gasteiger charge is 2.19. The van der Waals surface area contributed by atoms with E-state index in [9.17, 15) is 12.8 Å². The zero-order chi connectivity index (χ0) is 13.9. The number of sulfonamides is 1. The van der Waals surface area contributed by atoms with E-state index in [-0.39, 0.29) is 16.5 Å². The molecule has 0 aliphatic carbocycles. The molecule has 0 saturated heterocycles. The van der Waals surface area contributed by atoms with E-state index in [0.717, 1.165) is 12.1 Å². The van der Waals surface area contributed by atoms with Crippen molar-refractivity contribution in [3.8, 4) is 0 Å². The van der Waals surface area contributed by atoms with E-state index in [1.54, 1.807) is 0 Å². The minimum Gasteiger partial charge on any atom is -0.398 e. The first kappa shape index (κ1) is 14.9. The van der Waals surface area contributed by atoms with Gasteiger partial charge in [-0.2, -0.15) is 0 Å². The van der Waals surface area contributed by atoms with E-state index < -0.39 is 15.8 Å². The Bertz CT molecular complexity index is 515. The first-order valence-electron chi connectivity index (χ1n) is 5.78. The quantitative estimate of drug-likeness (QED) is 0.806. The second-order valence-corrected chi connectivity index (χ2v) is 6.49. The molecular formula is C12H19FN2O2S. The van der Waals surface area contributed by atoms with E-state index in [1.807, 2.05) is 20.8 Å². The summed E-state index contributed by atoms with van der Waals surface area (Å²) in [6, 6.07) is 3.25. The Morgan fingerprint density at radius 1 is 1.33 bits per heavy atom. The van der Waals surface area contributed by atoms with Crippen molar-refractivity contribution < 1.29 is 12.8 Å². The van der Waals surface area contributed by atoms with Crippen LogP contribution in [0, 0.1) is 17.7 Å². The van der Waals surface area contributed by atoms with E-state index >= 15 is 0 Å². The Labute approximate surface area is 107 Å². The molecule has 0 aliphatic heterocycles. The maximum Gasteiger partial charge on any atom is 0.242 e. The molecule has 0 saturated carbocycles. The van der Waals surface area contributed by atoms with Crippen molar-refractivity contribution >= 4 is 15.7 Å². The van der Waals surface area contributed by atoms with Crippen LogP contribution in [-0.2, 0) is 10.0 Å². The molecule has 0 amide bonds. The third-order valence-corrected chi connectivity index (χ3v) is 4.49. The van der Waals surface area contributed by atoms with E-state index in [0.29, 0.717) is 12.5 Å². The normalized spacial score (nSPS) is 13.8. The van der Waals surface area contributed by atoms with Crippen LogP contribution in [0.4, 0.5) is 10.1 Å². The lowest BCUT2D eigenvalue weighted by atomic mass is 9.99. The molecule has 3 N–H and O–H groups in total. The highest BCUT2D eigenvalue weighted by Crippen LogP contribution is 2.19. The van der Waals surface area contributed by atoms with Crippen LogP contribution in [0.5, 0.6) is 0 Å². The van der Waals surface area contributed by atoms with Gasteiger partial charge in [-0.05, 0) is 30.0 Å². The van der Waals surface area contributed by atoms with Gasteiger partial charge in [-0.25, -0.2) is 17.5 Å². The summed E-state index contributed by atoms with van der Waals surface area (Å²) in [5.41, 5.74) is 5.43. The summed E-state index contributed by atoms with van der Waals surface area (Å²) in [7, 11) is -3.68. The van der Waals surface area contributed by atoms with Gasteiger partial charge in [0.05, 0.1) is 5.69 Å². The van der Waals surface area contributed by atoms with Crippen molar-refractivity contribution in [1.82, 2.24) is 4.72 Å². The largest absolute Gasteiger partial charge is 0.398 e. The van der Waals surface area contributed by atoms with Gasteiger partial charge in [-0.3, -0.25) is 0 Å². The monoisotopic (exact) mass is 274 g/mol. The van der Waals surface area contributed by atoms with Crippen molar-refractivity contribution in [3.63, 3.8) is 0 Å². The molecule has 0 spiro atoms. The predicted molar refractivity (Wildman–Crippen MR) is 70.0 cm³/mol. The highest BCUT2D eigenvalue weighted by atomic mass is 32.2. The van der Waals surface area contributed by atoms with Crippen molar-refractivity contribution in [2.45, 2.75) is 25.7 Å². The number of nitrogens with two attached hydrogens (primary N) is 1. The molecule has 1 rings (SSSR count). The molecule has 18 heavy (non-hydrogen) atoms. The summed E-state index contributed by atoms with van der Waals surface area (Å²) in [6.45, 7) is 6.33. The van der Waals surface area contributed by atoms with Gasteiger partial charge in [0, 0.05) is 6.54 Å². The topological polar surface area (TPSA) is 72.2 Å². The van der Waals surface area contributed by atoms with Crippen LogP contribution in [0.2, 0.25) is 0 Å². The number of hydrogen-bond donors (Lipinski definition) is 2. The Morgan fingerprint density at radius 3 is 2.44 bits per heavy atom. The fourth-order valence-electron chi connectivity index (χ4n) is 1.32. The lowest BCUT2D eigenvalue weighted by Gasteiger charge is -2.16. The zero-order valence-electron chi connectivity index (χ0n) is 10.8. The molecule has 6 heteroatoms. The van der Waals surface area contributed by atoms with Gasteiger partial charge in [0.25, 0.3) is 0 Å². The third-order valence-electron chi connectivity index (χ3n) is 2.99. The Hall–Kier alpha value is -1.14. The van der Waals surface area contributed by atoms with Crippen molar-refractivity contribution in [2.24, 2.45) is 11.8 Å². The number of halogens is 1. The highest BCUT2D eigenvalue weighted by molar-refractivity contribution is 7.89. The van der Waals surface area contributed by atoms with Crippen LogP contribution in [-0.4, -0.2) is 15.0 Å². The minimum atomic E-state index is -3.68. The molecule has 0 aliphatic rings. The number of rotatable bonds is 5. The lowest BCUT2D eigenvalue weighted by Crippen LogP contribution is -2.30. The number of nitrogen functional groups attached to an aromatic ring is 1. The average Bonchev–Trinajstić information content (AvgIpc) is 2.25. The van der Waals surface area contributed by atoms with Gasteiger partial charge in [0.2, 0.25) is 10.0 Å². The third kappa shape index (κ3) is 3.68. The summed E-state index contributed by atoms with van der Waals surface area (Å²) in [5.74, 6) is 0.0294. The molecule has 1 aromatic carbocycles. The second kappa shape index (κ2) is 5.67. The fraction of sp³-hybridized carbons (Fsp3) is 0.500. The first-order valence-corrected chi connectivity index (χ1v) is 7.27. The Balaban J connectivity index is 2.87. The average molecular weight is 274 g/mol. The van der Waals surface area contributed by atoms with Crippen LogP contribution in [0.25, 0.3) is 0 Å². The van der Waals surface area contributed by atoms with Crippen LogP contribution in [0.3, 0.4) is 0 Å². The molecule has 1 aromatic rings. The molecular weight excluding hydrogens is 255 g/mol. The van der Waals surface area contributed by atoms with E-state index in [1.165, 1.54) is 6.07 Å². The Kier molecular flexibility index (Phi) is 4.70. The molecule has 0 bridgehead atoms. The van der Waals surface area contributed by atoms with Gasteiger partial charge in [-0.1, -0.05) is 20.8 Å². The summed E-state index contributed by atoms with van der Waals surface area (Å²) in [4.78, 5) is -0.0835. The van der Waals surface area contributed by atoms with Crippen molar-refractivity contribution in [2.75, 3.05) is 12.3 Å². The molecule has 0 fully saturated rings. The molecule has 102 valence electrons. The van der Waals surface area contributed by atoms with Gasteiger partial charge in [-0.15, -0.1) is 0 Å². The number of hydrogen-bond acceptors (Lipinski definition) is 3. The minimum absolute atomic E-state index is 0.0835. The summed E-state index contributed by atoms with van der Waals surface area (Å²) in [5, 5.41) is 0. The maximum atomic E-state index is 12.9. The molecule has 0 heterocycles. The van der Waals surface area contributed by atoms with Crippen LogP contribution in [0.15, 0.2) is 23.1 Å². The first-order chi connectivity index (χ1) is 8.24. The molecule has 1 atom stereocenters. The molecule has 4 nitrogen and oxygen atoms in total. The SMILES string of the molecule is CC(C)C(C)CNS(=O)(=O)c1ccc(F)cc1N. The van der Waals surface area contributed by atoms with Gasteiger partial charge >= 0.3 is 0 Å². The summed E-state index contributed by atoms with van der Waals surface area (Å²) >= 11 is 0. The predicted octanol–water partition coefficient (Wildman–Crippen LogP) is 1.98. The van der Waals surface area contributed by atoms with Crippen molar-refractivity contribution in [1.29, 1.82) is 0 Å². The summed E-state index contributed by atoms with van der Waals surface area (Å²) in [6.07, 6.45) is 0. The van der Waals surface area contributed by atoms with Crippen molar-refractivity contribution in [3.05, 3.63) is 24.0 Å². The van der Waals surface area contributed by atoms with Gasteiger partial charge in [0.1, 0.15) is 10.7 Å². The summed E-state index contributed by atoms with van der Waals surface area (Å²) < 4.78 is 39.3. The van der Waals surface area contributed by atoms with E-state index in [2.05, 4.69) is 4.72 Å².